The second kappa shape index (κ2) is 45.0. The Hall–Kier alpha value is -2.40. The van der Waals surface area contributed by atoms with Gasteiger partial charge < -0.3 is 14.2 Å². The Morgan fingerprint density at radius 2 is 0.833 bits per heavy atom. The van der Waals surface area contributed by atoms with Gasteiger partial charge in [-0.15, -0.1) is 0 Å². The fourth-order valence-electron chi connectivity index (χ4n) is 6.15. The monoisotopic (exact) mass is 755 g/mol. The van der Waals surface area contributed by atoms with Crippen LogP contribution in [0.4, 0.5) is 0 Å². The molecule has 0 aliphatic carbocycles. The predicted molar refractivity (Wildman–Crippen MR) is 233 cm³/mol. The van der Waals surface area contributed by atoms with Crippen molar-refractivity contribution < 1.29 is 23.8 Å². The van der Waals surface area contributed by atoms with Gasteiger partial charge in [0.2, 0.25) is 0 Å². The second-order valence-electron chi connectivity index (χ2n) is 14.9. The SMILES string of the molecule is CC/C=C\C/C=C\C/C=C\C/C=C\CCCOCC(COC(=O)CCCCCCCCCCC/C=C\CCCCCCCC)OC(=O)CCCCCCC. The van der Waals surface area contributed by atoms with E-state index in [1.54, 1.807) is 0 Å². The van der Waals surface area contributed by atoms with E-state index in [2.05, 4.69) is 81.5 Å². The molecule has 0 aromatic rings. The Kier molecular flexibility index (Phi) is 43.0. The lowest BCUT2D eigenvalue weighted by atomic mass is 10.1. The quantitative estimate of drug-likeness (QED) is 0.0353. The van der Waals surface area contributed by atoms with Crippen LogP contribution in [0.1, 0.15) is 213 Å². The first-order chi connectivity index (χ1) is 26.6. The Balaban J connectivity index is 4.10. The van der Waals surface area contributed by atoms with E-state index >= 15 is 0 Å². The van der Waals surface area contributed by atoms with Gasteiger partial charge in [-0.25, -0.2) is 0 Å². The maximum absolute atomic E-state index is 12.5. The van der Waals surface area contributed by atoms with Gasteiger partial charge in [0, 0.05) is 19.4 Å². The lowest BCUT2D eigenvalue weighted by Crippen LogP contribution is -2.30. The van der Waals surface area contributed by atoms with Crippen LogP contribution < -0.4 is 0 Å². The molecule has 0 aromatic heterocycles. The highest BCUT2D eigenvalue weighted by molar-refractivity contribution is 5.70. The molecule has 5 heteroatoms. The van der Waals surface area contributed by atoms with E-state index in [1.165, 1.54) is 109 Å². The second-order valence-corrected chi connectivity index (χ2v) is 14.9. The van der Waals surface area contributed by atoms with Gasteiger partial charge in [-0.3, -0.25) is 9.59 Å². The third-order valence-electron chi connectivity index (χ3n) is 9.54. The molecule has 1 atom stereocenters. The van der Waals surface area contributed by atoms with Crippen molar-refractivity contribution in [2.75, 3.05) is 19.8 Å². The summed E-state index contributed by atoms with van der Waals surface area (Å²) in [6.45, 7) is 7.50. The fourth-order valence-corrected chi connectivity index (χ4v) is 6.15. The molecular weight excluding hydrogens is 669 g/mol. The highest BCUT2D eigenvalue weighted by Gasteiger charge is 2.17. The lowest BCUT2D eigenvalue weighted by Gasteiger charge is -2.18. The summed E-state index contributed by atoms with van der Waals surface area (Å²) in [6, 6.07) is 0. The number of rotatable bonds is 41. The number of unbranched alkanes of at least 4 members (excludes halogenated alkanes) is 20. The number of ether oxygens (including phenoxy) is 3. The van der Waals surface area contributed by atoms with Crippen LogP contribution in [0.5, 0.6) is 0 Å². The van der Waals surface area contributed by atoms with Gasteiger partial charge in [0.25, 0.3) is 0 Å². The molecule has 1 unspecified atom stereocenters. The first-order valence-electron chi connectivity index (χ1n) is 22.8. The average Bonchev–Trinajstić information content (AvgIpc) is 3.17. The van der Waals surface area contributed by atoms with Crippen molar-refractivity contribution in [2.45, 2.75) is 219 Å². The Bertz CT molecular complexity index is 946. The number of esters is 2. The third-order valence-corrected chi connectivity index (χ3v) is 9.54. The highest BCUT2D eigenvalue weighted by atomic mass is 16.6. The van der Waals surface area contributed by atoms with E-state index in [0.29, 0.717) is 19.4 Å². The summed E-state index contributed by atoms with van der Waals surface area (Å²) in [5.74, 6) is -0.442. The fraction of sp³-hybridized carbons (Fsp3) is 0.755. The molecule has 0 fully saturated rings. The van der Waals surface area contributed by atoms with Crippen LogP contribution in [0.2, 0.25) is 0 Å². The molecule has 0 amide bonds. The first kappa shape index (κ1) is 51.6. The number of carbonyl (C=O) groups is 2. The summed E-state index contributed by atoms with van der Waals surface area (Å²) in [7, 11) is 0. The van der Waals surface area contributed by atoms with E-state index < -0.39 is 6.10 Å². The molecule has 312 valence electrons. The summed E-state index contributed by atoms with van der Waals surface area (Å²) < 4.78 is 17.1. The van der Waals surface area contributed by atoms with Gasteiger partial charge >= 0.3 is 11.9 Å². The minimum Gasteiger partial charge on any atom is -0.462 e. The smallest absolute Gasteiger partial charge is 0.306 e. The molecule has 0 aromatic carbocycles. The van der Waals surface area contributed by atoms with Crippen LogP contribution in [0, 0.1) is 0 Å². The summed E-state index contributed by atoms with van der Waals surface area (Å²) in [5.41, 5.74) is 0. The average molecular weight is 755 g/mol. The van der Waals surface area contributed by atoms with Gasteiger partial charge in [-0.2, -0.15) is 0 Å². The van der Waals surface area contributed by atoms with Crippen molar-refractivity contribution in [2.24, 2.45) is 0 Å². The van der Waals surface area contributed by atoms with Crippen LogP contribution in [0.3, 0.4) is 0 Å². The summed E-state index contributed by atoms with van der Waals surface area (Å²) in [6.07, 6.45) is 55.5. The molecule has 0 saturated carbocycles. The first-order valence-corrected chi connectivity index (χ1v) is 22.8. The molecule has 0 spiro atoms. The molecule has 0 aliphatic rings. The Morgan fingerprint density at radius 3 is 1.35 bits per heavy atom. The van der Waals surface area contributed by atoms with Gasteiger partial charge in [-0.05, 0) is 77.0 Å². The Morgan fingerprint density at radius 1 is 0.426 bits per heavy atom. The zero-order chi connectivity index (χ0) is 39.3. The number of carbonyl (C=O) groups excluding carboxylic acids is 2. The van der Waals surface area contributed by atoms with Gasteiger partial charge in [0.05, 0.1) is 6.61 Å². The normalized spacial score (nSPS) is 12.7. The van der Waals surface area contributed by atoms with Crippen LogP contribution in [0.15, 0.2) is 60.8 Å². The van der Waals surface area contributed by atoms with Crippen molar-refractivity contribution in [1.82, 2.24) is 0 Å². The molecule has 0 radical (unpaired) electrons. The van der Waals surface area contributed by atoms with E-state index in [9.17, 15) is 9.59 Å². The van der Waals surface area contributed by atoms with Crippen molar-refractivity contribution in [1.29, 1.82) is 0 Å². The van der Waals surface area contributed by atoms with Gasteiger partial charge in [0.15, 0.2) is 6.10 Å². The minimum absolute atomic E-state index is 0.0617. The zero-order valence-corrected chi connectivity index (χ0v) is 35.7. The molecule has 0 aliphatic heterocycles. The van der Waals surface area contributed by atoms with Crippen LogP contribution in [-0.4, -0.2) is 37.9 Å². The van der Waals surface area contributed by atoms with E-state index in [-0.39, 0.29) is 25.2 Å². The third kappa shape index (κ3) is 42.3. The number of allylic oxidation sites excluding steroid dienone is 10. The highest BCUT2D eigenvalue weighted by Crippen LogP contribution is 2.13. The predicted octanol–water partition coefficient (Wildman–Crippen LogP) is 15.0. The summed E-state index contributed by atoms with van der Waals surface area (Å²) in [5, 5.41) is 0. The molecule has 54 heavy (non-hydrogen) atoms. The standard InChI is InChI=1S/C49H86O5/c1-4-7-10-13-15-17-19-21-23-24-25-26-27-28-30-32-34-37-39-42-48(50)53-46-47(54-49(51)43-40-36-12-9-6-3)45-52-44-41-38-35-33-31-29-22-20-18-16-14-11-8-5-2/h8,11,16,18,21-23,29,33,35,47H,4-7,9-10,12-15,17,19-20,24-28,30-32,34,36-46H2,1-3H3/b11-8-,18-16-,23-21-,29-22-,35-33-. The molecule has 0 rings (SSSR count). The van der Waals surface area contributed by atoms with E-state index in [0.717, 1.165) is 70.6 Å². The van der Waals surface area contributed by atoms with Crippen molar-refractivity contribution in [3.63, 3.8) is 0 Å². The minimum atomic E-state index is -0.560. The Labute approximate surface area is 334 Å². The molecule has 0 saturated heterocycles. The van der Waals surface area contributed by atoms with Crippen LogP contribution >= 0.6 is 0 Å². The van der Waals surface area contributed by atoms with Crippen molar-refractivity contribution in [3.05, 3.63) is 60.8 Å². The summed E-state index contributed by atoms with van der Waals surface area (Å²) in [4.78, 5) is 25.0. The summed E-state index contributed by atoms with van der Waals surface area (Å²) >= 11 is 0. The van der Waals surface area contributed by atoms with Crippen LogP contribution in [-0.2, 0) is 23.8 Å². The van der Waals surface area contributed by atoms with Gasteiger partial charge in [0.1, 0.15) is 6.61 Å². The van der Waals surface area contributed by atoms with E-state index in [1.807, 2.05) is 0 Å². The molecular formula is C49H86O5. The van der Waals surface area contributed by atoms with Gasteiger partial charge in [-0.1, -0.05) is 184 Å². The zero-order valence-electron chi connectivity index (χ0n) is 35.7. The van der Waals surface area contributed by atoms with Crippen LogP contribution in [0.25, 0.3) is 0 Å². The molecule has 0 bridgehead atoms. The maximum atomic E-state index is 12.5. The van der Waals surface area contributed by atoms with E-state index in [4.69, 9.17) is 14.2 Å². The van der Waals surface area contributed by atoms with Crippen molar-refractivity contribution >= 4 is 11.9 Å². The molecule has 5 nitrogen and oxygen atoms in total. The number of hydrogen-bond acceptors (Lipinski definition) is 5. The lowest BCUT2D eigenvalue weighted by molar-refractivity contribution is -0.163. The number of hydrogen-bond donors (Lipinski definition) is 0. The maximum Gasteiger partial charge on any atom is 0.306 e. The molecule has 0 heterocycles. The largest absolute Gasteiger partial charge is 0.462 e. The topological polar surface area (TPSA) is 61.8 Å². The molecule has 0 N–H and O–H groups in total. The van der Waals surface area contributed by atoms with Crippen molar-refractivity contribution in [3.8, 4) is 0 Å².